The van der Waals surface area contributed by atoms with Crippen molar-refractivity contribution in [2.45, 2.75) is 19.3 Å². The van der Waals surface area contributed by atoms with Crippen LogP contribution in [0.15, 0.2) is 140 Å². The molecule has 0 radical (unpaired) electrons. The molecule has 9 rings (SSSR count). The van der Waals surface area contributed by atoms with Crippen LogP contribution < -0.4 is 0 Å². The maximum atomic E-state index is 2.51. The highest BCUT2D eigenvalue weighted by atomic mass is 15.0. The van der Waals surface area contributed by atoms with E-state index in [1.807, 2.05) is 0 Å². The molecule has 7 aromatic carbocycles. The summed E-state index contributed by atoms with van der Waals surface area (Å²) in [5.74, 6) is 0. The van der Waals surface area contributed by atoms with Gasteiger partial charge in [0.05, 0.1) is 11.0 Å². The van der Waals surface area contributed by atoms with E-state index >= 15 is 0 Å². The van der Waals surface area contributed by atoms with Gasteiger partial charge in [-0.1, -0.05) is 129 Å². The number of hydrogen-bond acceptors (Lipinski definition) is 0. The van der Waals surface area contributed by atoms with Crippen molar-refractivity contribution in [2.24, 2.45) is 0 Å². The summed E-state index contributed by atoms with van der Waals surface area (Å²) >= 11 is 0. The van der Waals surface area contributed by atoms with Gasteiger partial charge in [0.15, 0.2) is 0 Å². The summed E-state index contributed by atoms with van der Waals surface area (Å²) in [6, 6.07) is 51.6. The van der Waals surface area contributed by atoms with E-state index in [0.29, 0.717) is 0 Å². The molecule has 0 saturated heterocycles. The van der Waals surface area contributed by atoms with Crippen LogP contribution in [0.5, 0.6) is 0 Å². The SMILES string of the molecule is CC1(C)c2ccccc2-c2ccc3c4ccccc4n(-c4cccc(-c5ccc6ccc7ccccc7c6c5)c4)c3c21. The third-order valence-electron chi connectivity index (χ3n) is 9.54. The molecule has 1 aromatic heterocycles. The number of para-hydroxylation sites is 1. The Balaban J connectivity index is 1.32. The Morgan fingerprint density at radius 3 is 2.10 bits per heavy atom. The van der Waals surface area contributed by atoms with E-state index in [2.05, 4.69) is 158 Å². The van der Waals surface area contributed by atoms with E-state index in [4.69, 9.17) is 0 Å². The molecule has 0 fully saturated rings. The summed E-state index contributed by atoms with van der Waals surface area (Å²) in [6.45, 7) is 4.77. The molecular weight excluding hydrogens is 506 g/mol. The topological polar surface area (TPSA) is 4.93 Å². The minimum absolute atomic E-state index is 0.103. The Morgan fingerprint density at radius 1 is 0.476 bits per heavy atom. The predicted molar refractivity (Wildman–Crippen MR) is 179 cm³/mol. The van der Waals surface area contributed by atoms with Crippen LogP contribution in [-0.4, -0.2) is 4.57 Å². The lowest BCUT2D eigenvalue weighted by molar-refractivity contribution is 0.664. The maximum Gasteiger partial charge on any atom is 0.0588 e. The molecule has 0 saturated carbocycles. The van der Waals surface area contributed by atoms with Gasteiger partial charge in [-0.3, -0.25) is 0 Å². The van der Waals surface area contributed by atoms with Crippen molar-refractivity contribution in [1.82, 2.24) is 4.57 Å². The molecule has 8 aromatic rings. The number of benzene rings is 7. The second-order valence-electron chi connectivity index (χ2n) is 12.2. The van der Waals surface area contributed by atoms with Gasteiger partial charge in [0.1, 0.15) is 0 Å². The molecule has 1 heteroatoms. The van der Waals surface area contributed by atoms with Crippen LogP contribution in [0, 0.1) is 0 Å². The zero-order chi connectivity index (χ0) is 28.0. The van der Waals surface area contributed by atoms with Gasteiger partial charge in [-0.25, -0.2) is 0 Å². The van der Waals surface area contributed by atoms with Gasteiger partial charge in [0.2, 0.25) is 0 Å². The second-order valence-corrected chi connectivity index (χ2v) is 12.2. The van der Waals surface area contributed by atoms with Crippen molar-refractivity contribution in [1.29, 1.82) is 0 Å². The molecule has 0 spiro atoms. The van der Waals surface area contributed by atoms with Crippen LogP contribution >= 0.6 is 0 Å². The van der Waals surface area contributed by atoms with Gasteiger partial charge in [0.25, 0.3) is 0 Å². The first-order valence-electron chi connectivity index (χ1n) is 14.8. The zero-order valence-corrected chi connectivity index (χ0v) is 23.7. The van der Waals surface area contributed by atoms with Gasteiger partial charge in [-0.2, -0.15) is 0 Å². The number of rotatable bonds is 2. The van der Waals surface area contributed by atoms with E-state index in [1.165, 1.54) is 82.4 Å². The van der Waals surface area contributed by atoms with Crippen molar-refractivity contribution in [3.63, 3.8) is 0 Å². The van der Waals surface area contributed by atoms with Crippen molar-refractivity contribution in [3.05, 3.63) is 151 Å². The molecule has 0 amide bonds. The lowest BCUT2D eigenvalue weighted by atomic mass is 9.81. The van der Waals surface area contributed by atoms with E-state index in [0.717, 1.165) is 0 Å². The van der Waals surface area contributed by atoms with Crippen LogP contribution in [-0.2, 0) is 5.41 Å². The molecule has 198 valence electrons. The molecule has 0 unspecified atom stereocenters. The number of nitrogens with zero attached hydrogens (tertiary/aromatic N) is 1. The normalized spacial score (nSPS) is 13.7. The highest BCUT2D eigenvalue weighted by Crippen LogP contribution is 2.52. The summed E-state index contributed by atoms with van der Waals surface area (Å²) in [5, 5.41) is 7.75. The summed E-state index contributed by atoms with van der Waals surface area (Å²) in [6.07, 6.45) is 0. The van der Waals surface area contributed by atoms with E-state index in [9.17, 15) is 0 Å². The number of aromatic nitrogens is 1. The fraction of sp³-hybridized carbons (Fsp3) is 0.0732. The zero-order valence-electron chi connectivity index (χ0n) is 23.7. The average molecular weight is 536 g/mol. The Hall–Kier alpha value is -5.14. The van der Waals surface area contributed by atoms with Gasteiger partial charge in [-0.05, 0) is 79.2 Å². The van der Waals surface area contributed by atoms with Crippen molar-refractivity contribution < 1.29 is 0 Å². The van der Waals surface area contributed by atoms with E-state index in [1.54, 1.807) is 0 Å². The Morgan fingerprint density at radius 2 is 1.19 bits per heavy atom. The molecule has 0 aliphatic heterocycles. The van der Waals surface area contributed by atoms with Crippen LogP contribution in [0.4, 0.5) is 0 Å². The number of fused-ring (bicyclic) bond motifs is 10. The van der Waals surface area contributed by atoms with Crippen LogP contribution in [0.3, 0.4) is 0 Å². The lowest BCUT2D eigenvalue weighted by Crippen LogP contribution is -2.16. The van der Waals surface area contributed by atoms with Gasteiger partial charge >= 0.3 is 0 Å². The van der Waals surface area contributed by atoms with Crippen LogP contribution in [0.2, 0.25) is 0 Å². The minimum Gasteiger partial charge on any atom is -0.309 e. The Bertz CT molecular complexity index is 2380. The average Bonchev–Trinajstić information content (AvgIpc) is 3.50. The van der Waals surface area contributed by atoms with Crippen molar-refractivity contribution in [2.75, 3.05) is 0 Å². The monoisotopic (exact) mass is 535 g/mol. The molecule has 42 heavy (non-hydrogen) atoms. The van der Waals surface area contributed by atoms with E-state index in [-0.39, 0.29) is 5.41 Å². The first-order valence-corrected chi connectivity index (χ1v) is 14.8. The second kappa shape index (κ2) is 8.44. The Kier molecular flexibility index (Phi) is 4.73. The lowest BCUT2D eigenvalue weighted by Gasteiger charge is -2.23. The van der Waals surface area contributed by atoms with Gasteiger partial charge in [0, 0.05) is 21.9 Å². The fourth-order valence-corrected chi connectivity index (χ4v) is 7.59. The molecule has 1 nitrogen and oxygen atoms in total. The summed E-state index contributed by atoms with van der Waals surface area (Å²) in [4.78, 5) is 0. The third kappa shape index (κ3) is 3.14. The summed E-state index contributed by atoms with van der Waals surface area (Å²) < 4.78 is 2.51. The quantitative estimate of drug-likeness (QED) is 0.194. The summed E-state index contributed by atoms with van der Waals surface area (Å²) in [5.41, 5.74) is 11.6. The first-order chi connectivity index (χ1) is 20.6. The fourth-order valence-electron chi connectivity index (χ4n) is 7.59. The van der Waals surface area contributed by atoms with E-state index < -0.39 is 0 Å². The minimum atomic E-state index is -0.103. The number of hydrogen-bond donors (Lipinski definition) is 0. The molecule has 0 atom stereocenters. The molecule has 1 aliphatic rings. The highest BCUT2D eigenvalue weighted by molar-refractivity contribution is 6.13. The van der Waals surface area contributed by atoms with Crippen molar-refractivity contribution >= 4 is 43.4 Å². The van der Waals surface area contributed by atoms with Crippen LogP contribution in [0.1, 0.15) is 25.0 Å². The predicted octanol–water partition coefficient (Wildman–Crippen LogP) is 11.1. The van der Waals surface area contributed by atoms with Gasteiger partial charge in [-0.15, -0.1) is 0 Å². The smallest absolute Gasteiger partial charge is 0.0588 e. The maximum absolute atomic E-state index is 2.51. The first kappa shape index (κ1) is 23.6. The van der Waals surface area contributed by atoms with Crippen molar-refractivity contribution in [3.8, 4) is 27.9 Å². The standard InChI is InChI=1S/C41H29N/c1-41(2)37-16-7-5-14-32(37)34-22-23-35-33-15-6-8-17-38(33)42(40(35)39(34)41)30-12-9-11-28(24-30)29-21-20-27-19-18-26-10-3-4-13-31(26)36(27)25-29/h3-25H,1-2H3. The van der Waals surface area contributed by atoms with Crippen LogP contribution in [0.25, 0.3) is 71.3 Å². The largest absolute Gasteiger partial charge is 0.309 e. The highest BCUT2D eigenvalue weighted by Gasteiger charge is 2.38. The van der Waals surface area contributed by atoms with Gasteiger partial charge < -0.3 is 4.57 Å². The third-order valence-corrected chi connectivity index (χ3v) is 9.54. The molecule has 0 N–H and O–H groups in total. The Labute approximate surface area is 245 Å². The molecular formula is C41H29N. The molecule has 1 aliphatic carbocycles. The molecule has 0 bridgehead atoms. The molecule has 1 heterocycles. The summed E-state index contributed by atoms with van der Waals surface area (Å²) in [7, 11) is 0.